The number of nitrogens with one attached hydrogen (secondary N) is 1. The summed E-state index contributed by atoms with van der Waals surface area (Å²) in [7, 11) is 0. The van der Waals surface area contributed by atoms with E-state index in [0.717, 1.165) is 37.8 Å². The molecule has 2 aliphatic heterocycles. The summed E-state index contributed by atoms with van der Waals surface area (Å²) in [5.74, 6) is 2.66. The normalized spacial score (nSPS) is 22.0. The second-order valence-electron chi connectivity index (χ2n) is 6.81. The minimum absolute atomic E-state index is 0.0581. The van der Waals surface area contributed by atoms with Crippen molar-refractivity contribution in [2.45, 2.75) is 0 Å². The molecule has 9 heteroatoms. The third-order valence-electron chi connectivity index (χ3n) is 5.22. The predicted octanol–water partition coefficient (Wildman–Crippen LogP) is 0.594. The topological polar surface area (TPSA) is 95.8 Å². The van der Waals surface area contributed by atoms with Crippen LogP contribution < -0.4 is 4.90 Å². The molecule has 132 valence electrons. The van der Waals surface area contributed by atoms with E-state index in [4.69, 9.17) is 0 Å². The van der Waals surface area contributed by atoms with E-state index >= 15 is 0 Å². The molecule has 26 heavy (non-hydrogen) atoms. The minimum atomic E-state index is 0.0581. The van der Waals surface area contributed by atoms with E-state index in [9.17, 15) is 4.79 Å². The molecule has 3 aromatic heterocycles. The van der Waals surface area contributed by atoms with Crippen LogP contribution in [-0.4, -0.2) is 66.9 Å². The molecule has 0 aliphatic carbocycles. The Balaban J connectivity index is 1.28. The average Bonchev–Trinajstić information content (AvgIpc) is 3.45. The molecule has 2 aliphatic rings. The summed E-state index contributed by atoms with van der Waals surface area (Å²) in [6.07, 6.45) is 8.41. The van der Waals surface area contributed by atoms with Crippen LogP contribution in [0.15, 0.2) is 43.2 Å². The molecule has 2 saturated heterocycles. The second kappa shape index (κ2) is 5.94. The molecule has 5 heterocycles. The van der Waals surface area contributed by atoms with E-state index in [2.05, 4.69) is 30.2 Å². The van der Waals surface area contributed by atoms with Gasteiger partial charge in [0.1, 0.15) is 12.1 Å². The monoisotopic (exact) mass is 350 g/mol. The van der Waals surface area contributed by atoms with Gasteiger partial charge in [-0.2, -0.15) is 10.2 Å². The molecule has 1 amide bonds. The largest absolute Gasteiger partial charge is 0.356 e. The molecule has 1 N–H and O–H groups in total. The van der Waals surface area contributed by atoms with Gasteiger partial charge in [0.25, 0.3) is 5.91 Å². The summed E-state index contributed by atoms with van der Waals surface area (Å²) >= 11 is 0. The van der Waals surface area contributed by atoms with Crippen molar-refractivity contribution in [1.29, 1.82) is 0 Å². The Bertz CT molecular complexity index is 893. The first-order chi connectivity index (χ1) is 12.8. The van der Waals surface area contributed by atoms with Gasteiger partial charge < -0.3 is 9.80 Å². The molecule has 9 nitrogen and oxygen atoms in total. The fourth-order valence-corrected chi connectivity index (χ4v) is 3.94. The van der Waals surface area contributed by atoms with E-state index in [1.165, 1.54) is 0 Å². The third-order valence-corrected chi connectivity index (χ3v) is 5.22. The van der Waals surface area contributed by atoms with Gasteiger partial charge in [-0.1, -0.05) is 0 Å². The van der Waals surface area contributed by atoms with Crippen molar-refractivity contribution in [3.63, 3.8) is 0 Å². The Morgan fingerprint density at radius 2 is 1.92 bits per heavy atom. The number of anilines is 1. The lowest BCUT2D eigenvalue weighted by atomic mass is 10.0. The maximum Gasteiger partial charge on any atom is 0.257 e. The zero-order chi connectivity index (χ0) is 17.5. The van der Waals surface area contributed by atoms with Crippen LogP contribution >= 0.6 is 0 Å². The summed E-state index contributed by atoms with van der Waals surface area (Å²) < 4.78 is 1.73. The molecular formula is C17H18N8O. The molecule has 0 radical (unpaired) electrons. The van der Waals surface area contributed by atoms with Gasteiger partial charge in [-0.05, 0) is 6.07 Å². The number of fused-ring (bicyclic) bond motifs is 1. The highest BCUT2D eigenvalue weighted by molar-refractivity contribution is 5.93. The highest BCUT2D eigenvalue weighted by Crippen LogP contribution is 2.34. The van der Waals surface area contributed by atoms with Gasteiger partial charge in [0.05, 0.1) is 11.8 Å². The van der Waals surface area contributed by atoms with Crippen LogP contribution in [0.3, 0.4) is 0 Å². The fourth-order valence-electron chi connectivity index (χ4n) is 3.94. The summed E-state index contributed by atoms with van der Waals surface area (Å²) in [4.78, 5) is 25.4. The van der Waals surface area contributed by atoms with E-state index in [1.54, 1.807) is 29.6 Å². The number of likely N-dealkylation sites (tertiary alicyclic amines) is 1. The number of carbonyl (C=O) groups excluding carboxylic acids is 1. The molecule has 2 unspecified atom stereocenters. The van der Waals surface area contributed by atoms with Crippen molar-refractivity contribution < 1.29 is 4.79 Å². The lowest BCUT2D eigenvalue weighted by Gasteiger charge is -2.22. The number of carbonyl (C=O) groups is 1. The van der Waals surface area contributed by atoms with Gasteiger partial charge in [0.2, 0.25) is 0 Å². The molecule has 0 spiro atoms. The van der Waals surface area contributed by atoms with Crippen LogP contribution in [0.2, 0.25) is 0 Å². The van der Waals surface area contributed by atoms with Crippen molar-refractivity contribution in [3.8, 4) is 5.82 Å². The Morgan fingerprint density at radius 1 is 1.12 bits per heavy atom. The third kappa shape index (κ3) is 2.52. The Morgan fingerprint density at radius 3 is 2.62 bits per heavy atom. The van der Waals surface area contributed by atoms with Gasteiger partial charge in [-0.3, -0.25) is 9.89 Å². The quantitative estimate of drug-likeness (QED) is 0.743. The Kier molecular flexibility index (Phi) is 3.44. The summed E-state index contributed by atoms with van der Waals surface area (Å²) in [5.41, 5.74) is 0.626. The van der Waals surface area contributed by atoms with Gasteiger partial charge >= 0.3 is 0 Å². The average molecular weight is 350 g/mol. The van der Waals surface area contributed by atoms with Crippen molar-refractivity contribution >= 4 is 11.7 Å². The van der Waals surface area contributed by atoms with Crippen LogP contribution in [0.25, 0.3) is 5.82 Å². The second-order valence-corrected chi connectivity index (χ2v) is 6.81. The molecular weight excluding hydrogens is 332 g/mol. The lowest BCUT2D eigenvalue weighted by molar-refractivity contribution is 0.0782. The van der Waals surface area contributed by atoms with E-state index in [0.29, 0.717) is 17.4 Å². The number of hydrogen-bond donors (Lipinski definition) is 1. The first-order valence-electron chi connectivity index (χ1n) is 8.63. The van der Waals surface area contributed by atoms with Crippen molar-refractivity contribution in [2.24, 2.45) is 11.8 Å². The van der Waals surface area contributed by atoms with Crippen LogP contribution in [0, 0.1) is 11.8 Å². The minimum Gasteiger partial charge on any atom is -0.356 e. The number of aromatic amines is 1. The van der Waals surface area contributed by atoms with E-state index in [-0.39, 0.29) is 5.91 Å². The van der Waals surface area contributed by atoms with E-state index in [1.807, 2.05) is 23.2 Å². The van der Waals surface area contributed by atoms with Gasteiger partial charge in [0, 0.05) is 62.7 Å². The van der Waals surface area contributed by atoms with Crippen LogP contribution in [-0.2, 0) is 0 Å². The summed E-state index contributed by atoms with van der Waals surface area (Å²) in [6.45, 7) is 3.36. The Labute approximate surface area is 149 Å². The zero-order valence-electron chi connectivity index (χ0n) is 14.1. The van der Waals surface area contributed by atoms with Crippen molar-refractivity contribution in [1.82, 2.24) is 34.8 Å². The van der Waals surface area contributed by atoms with Crippen molar-refractivity contribution in [3.05, 3.63) is 48.8 Å². The molecule has 0 aromatic carbocycles. The zero-order valence-corrected chi connectivity index (χ0v) is 14.1. The highest BCUT2D eigenvalue weighted by atomic mass is 16.2. The van der Waals surface area contributed by atoms with Gasteiger partial charge in [0.15, 0.2) is 5.82 Å². The molecule has 0 saturated carbocycles. The number of H-pyrrole nitrogens is 1. The number of rotatable bonds is 3. The highest BCUT2D eigenvalue weighted by Gasteiger charge is 2.42. The standard InChI is InChI=1S/C17H18N8O/c26-17(12-5-20-21-6-12)24-9-13-7-23(8-14(13)10-24)15-4-16(19-11-18-15)25-3-1-2-22-25/h1-6,11,13-14H,7-10H2,(H,20,21). The number of hydrogen-bond acceptors (Lipinski definition) is 6. The predicted molar refractivity (Wildman–Crippen MR) is 92.8 cm³/mol. The maximum absolute atomic E-state index is 12.5. The molecule has 0 bridgehead atoms. The molecule has 5 rings (SSSR count). The van der Waals surface area contributed by atoms with E-state index < -0.39 is 0 Å². The first kappa shape index (κ1) is 15.1. The number of aromatic nitrogens is 6. The first-order valence-corrected chi connectivity index (χ1v) is 8.63. The van der Waals surface area contributed by atoms with Crippen LogP contribution in [0.1, 0.15) is 10.4 Å². The number of amides is 1. The van der Waals surface area contributed by atoms with Crippen LogP contribution in [0.5, 0.6) is 0 Å². The maximum atomic E-state index is 12.5. The van der Waals surface area contributed by atoms with Crippen LogP contribution in [0.4, 0.5) is 5.82 Å². The SMILES string of the molecule is O=C(c1cn[nH]c1)N1CC2CN(c3cc(-n4cccn4)ncn3)CC2C1. The summed E-state index contributed by atoms with van der Waals surface area (Å²) in [6, 6.07) is 3.83. The van der Waals surface area contributed by atoms with Gasteiger partial charge in [-0.25, -0.2) is 14.6 Å². The number of nitrogens with zero attached hydrogens (tertiary/aromatic N) is 7. The van der Waals surface area contributed by atoms with Gasteiger partial charge in [-0.15, -0.1) is 0 Å². The fraction of sp³-hybridized carbons (Fsp3) is 0.353. The Hall–Kier alpha value is -3.23. The smallest absolute Gasteiger partial charge is 0.257 e. The summed E-state index contributed by atoms with van der Waals surface area (Å²) in [5, 5.41) is 10.8. The van der Waals surface area contributed by atoms with Crippen molar-refractivity contribution in [2.75, 3.05) is 31.1 Å². The lowest BCUT2D eigenvalue weighted by Crippen LogP contribution is -2.33. The molecule has 2 fully saturated rings. The molecule has 2 atom stereocenters. The molecule has 3 aromatic rings.